The minimum atomic E-state index is -3.65. The number of carbonyl (C=O) groups excluding carboxylic acids is 1. The van der Waals surface area contributed by atoms with Gasteiger partial charge >= 0.3 is 0 Å². The molecule has 0 bridgehead atoms. The number of piperidine rings is 1. The smallest absolute Gasteiger partial charge is 0.243 e. The van der Waals surface area contributed by atoms with Crippen molar-refractivity contribution in [1.82, 2.24) is 14.1 Å². The topological polar surface area (TPSA) is 84.3 Å². The van der Waals surface area contributed by atoms with Crippen LogP contribution in [0.25, 0.3) is 5.69 Å². The first kappa shape index (κ1) is 21.2. The van der Waals surface area contributed by atoms with Crippen molar-refractivity contribution in [2.75, 3.05) is 18.4 Å². The predicted molar refractivity (Wildman–Crippen MR) is 115 cm³/mol. The van der Waals surface area contributed by atoms with Crippen LogP contribution in [0, 0.1) is 18.7 Å². The zero-order valence-electron chi connectivity index (χ0n) is 17.0. The summed E-state index contributed by atoms with van der Waals surface area (Å²) in [4.78, 5) is 13.2. The number of sulfonamides is 1. The van der Waals surface area contributed by atoms with Crippen LogP contribution in [0.15, 0.2) is 65.6 Å². The number of rotatable bonds is 5. The molecule has 1 N–H and O–H groups in total. The first-order chi connectivity index (χ1) is 14.8. The number of benzene rings is 2. The summed E-state index contributed by atoms with van der Waals surface area (Å²) in [7, 11) is -3.65. The molecule has 162 valence electrons. The zero-order chi connectivity index (χ0) is 22.0. The summed E-state index contributed by atoms with van der Waals surface area (Å²) in [5.74, 6) is -0.655. The first-order valence-corrected chi connectivity index (χ1v) is 11.5. The molecular weight excluding hydrogens is 419 g/mol. The standard InChI is InChI=1S/C22H23FN4O3S/c1-16-14-21(27(25-16)19-11-9-18(23)10-12-19)24-22(28)17-6-5-13-26(15-17)31(29,30)20-7-3-2-4-8-20/h2-4,7-12,14,17H,5-6,13,15H2,1H3,(H,24,28). The van der Waals surface area contributed by atoms with Gasteiger partial charge in [0, 0.05) is 19.2 Å². The summed E-state index contributed by atoms with van der Waals surface area (Å²) in [6, 6.07) is 15.8. The average Bonchev–Trinajstić information content (AvgIpc) is 3.15. The molecule has 0 saturated carbocycles. The molecule has 1 fully saturated rings. The van der Waals surface area contributed by atoms with Gasteiger partial charge < -0.3 is 5.32 Å². The number of carbonyl (C=O) groups is 1. The molecule has 4 rings (SSSR count). The molecule has 0 spiro atoms. The van der Waals surface area contributed by atoms with Crippen molar-refractivity contribution in [2.24, 2.45) is 5.92 Å². The lowest BCUT2D eigenvalue weighted by Crippen LogP contribution is -2.43. The van der Waals surface area contributed by atoms with Crippen molar-refractivity contribution in [2.45, 2.75) is 24.7 Å². The van der Waals surface area contributed by atoms with Gasteiger partial charge in [-0.15, -0.1) is 0 Å². The number of nitrogens with one attached hydrogen (secondary N) is 1. The van der Waals surface area contributed by atoms with Crippen LogP contribution in [0.2, 0.25) is 0 Å². The lowest BCUT2D eigenvalue weighted by molar-refractivity contribution is -0.120. The molecule has 3 aromatic rings. The molecule has 1 aromatic heterocycles. The molecule has 0 aliphatic carbocycles. The highest BCUT2D eigenvalue weighted by atomic mass is 32.2. The Kier molecular flexibility index (Phi) is 5.88. The monoisotopic (exact) mass is 442 g/mol. The predicted octanol–water partition coefficient (Wildman–Crippen LogP) is 3.36. The van der Waals surface area contributed by atoms with E-state index in [1.54, 1.807) is 55.5 Å². The third-order valence-electron chi connectivity index (χ3n) is 5.29. The number of anilines is 1. The van der Waals surface area contributed by atoms with Gasteiger partial charge in [0.2, 0.25) is 15.9 Å². The number of halogens is 1. The Morgan fingerprint density at radius 3 is 2.55 bits per heavy atom. The van der Waals surface area contributed by atoms with E-state index < -0.39 is 15.9 Å². The van der Waals surface area contributed by atoms with Crippen LogP contribution in [-0.2, 0) is 14.8 Å². The normalized spacial score (nSPS) is 17.4. The number of hydrogen-bond acceptors (Lipinski definition) is 4. The second-order valence-electron chi connectivity index (χ2n) is 7.56. The van der Waals surface area contributed by atoms with E-state index >= 15 is 0 Å². The van der Waals surface area contributed by atoms with E-state index in [2.05, 4.69) is 10.4 Å². The van der Waals surface area contributed by atoms with Crippen molar-refractivity contribution >= 4 is 21.7 Å². The van der Waals surface area contributed by atoms with Gasteiger partial charge in [-0.2, -0.15) is 9.40 Å². The van der Waals surface area contributed by atoms with Crippen LogP contribution in [0.3, 0.4) is 0 Å². The van der Waals surface area contributed by atoms with E-state index in [1.807, 2.05) is 0 Å². The molecule has 1 amide bonds. The van der Waals surface area contributed by atoms with Crippen LogP contribution < -0.4 is 5.32 Å². The Morgan fingerprint density at radius 2 is 1.84 bits per heavy atom. The number of amides is 1. The Labute approximate surface area is 180 Å². The van der Waals surface area contributed by atoms with E-state index in [4.69, 9.17) is 0 Å². The third kappa shape index (κ3) is 4.52. The SMILES string of the molecule is Cc1cc(NC(=O)C2CCCN(S(=O)(=O)c3ccccc3)C2)n(-c2ccc(F)cc2)n1. The van der Waals surface area contributed by atoms with Crippen LogP contribution in [0.1, 0.15) is 18.5 Å². The Bertz CT molecular complexity index is 1180. The quantitative estimate of drug-likeness (QED) is 0.657. The maximum absolute atomic E-state index is 13.3. The van der Waals surface area contributed by atoms with Crippen molar-refractivity contribution < 1.29 is 17.6 Å². The maximum Gasteiger partial charge on any atom is 0.243 e. The largest absolute Gasteiger partial charge is 0.310 e. The lowest BCUT2D eigenvalue weighted by atomic mass is 9.99. The van der Waals surface area contributed by atoms with Gasteiger partial charge in [0.25, 0.3) is 0 Å². The Morgan fingerprint density at radius 1 is 1.13 bits per heavy atom. The highest BCUT2D eigenvalue weighted by Crippen LogP contribution is 2.25. The fraction of sp³-hybridized carbons (Fsp3) is 0.273. The molecule has 1 unspecified atom stereocenters. The minimum Gasteiger partial charge on any atom is -0.310 e. The highest BCUT2D eigenvalue weighted by molar-refractivity contribution is 7.89. The molecule has 0 radical (unpaired) electrons. The van der Waals surface area contributed by atoms with Crippen molar-refractivity contribution in [3.63, 3.8) is 0 Å². The fourth-order valence-electron chi connectivity index (χ4n) is 3.71. The number of aromatic nitrogens is 2. The van der Waals surface area contributed by atoms with Gasteiger partial charge in [-0.25, -0.2) is 17.5 Å². The number of nitrogens with zero attached hydrogens (tertiary/aromatic N) is 3. The summed E-state index contributed by atoms with van der Waals surface area (Å²) >= 11 is 0. The summed E-state index contributed by atoms with van der Waals surface area (Å²) < 4.78 is 42.0. The van der Waals surface area contributed by atoms with Gasteiger partial charge in [0.1, 0.15) is 11.6 Å². The Balaban J connectivity index is 1.51. The lowest BCUT2D eigenvalue weighted by Gasteiger charge is -2.31. The van der Waals surface area contributed by atoms with Gasteiger partial charge in [0.15, 0.2) is 0 Å². The van der Waals surface area contributed by atoms with Gasteiger partial charge in [-0.05, 0) is 56.2 Å². The minimum absolute atomic E-state index is 0.118. The van der Waals surface area contributed by atoms with Crippen molar-refractivity contribution in [3.8, 4) is 5.69 Å². The maximum atomic E-state index is 13.3. The van der Waals surface area contributed by atoms with Gasteiger partial charge in [-0.1, -0.05) is 18.2 Å². The molecule has 1 saturated heterocycles. The number of hydrogen-bond donors (Lipinski definition) is 1. The van der Waals surface area contributed by atoms with Crippen LogP contribution in [0.5, 0.6) is 0 Å². The first-order valence-electron chi connectivity index (χ1n) is 10.0. The third-order valence-corrected chi connectivity index (χ3v) is 7.17. The van der Waals surface area contributed by atoms with Gasteiger partial charge in [-0.3, -0.25) is 4.79 Å². The average molecular weight is 443 g/mol. The van der Waals surface area contributed by atoms with Crippen LogP contribution in [0.4, 0.5) is 10.2 Å². The fourth-order valence-corrected chi connectivity index (χ4v) is 5.26. The van der Waals surface area contributed by atoms with E-state index in [1.165, 1.54) is 21.1 Å². The summed E-state index contributed by atoms with van der Waals surface area (Å²) in [5.41, 5.74) is 1.30. The Hall–Kier alpha value is -3.04. The van der Waals surface area contributed by atoms with E-state index in [0.29, 0.717) is 36.6 Å². The van der Waals surface area contributed by atoms with Crippen LogP contribution in [-0.4, -0.2) is 41.5 Å². The molecule has 1 atom stereocenters. The second-order valence-corrected chi connectivity index (χ2v) is 9.50. The highest BCUT2D eigenvalue weighted by Gasteiger charge is 2.33. The summed E-state index contributed by atoms with van der Waals surface area (Å²) in [6.45, 7) is 2.30. The van der Waals surface area contributed by atoms with Crippen LogP contribution >= 0.6 is 0 Å². The van der Waals surface area contributed by atoms with Crippen molar-refractivity contribution in [3.05, 3.63) is 72.2 Å². The molecule has 7 nitrogen and oxygen atoms in total. The van der Waals surface area contributed by atoms with Crippen molar-refractivity contribution in [1.29, 1.82) is 0 Å². The number of aryl methyl sites for hydroxylation is 1. The molecule has 1 aliphatic rings. The molecular formula is C22H23FN4O3S. The summed E-state index contributed by atoms with van der Waals surface area (Å²) in [5, 5.41) is 7.25. The van der Waals surface area contributed by atoms with E-state index in [-0.39, 0.29) is 23.2 Å². The molecule has 1 aliphatic heterocycles. The molecule has 31 heavy (non-hydrogen) atoms. The van der Waals surface area contributed by atoms with Gasteiger partial charge in [0.05, 0.1) is 22.2 Å². The van der Waals surface area contributed by atoms with E-state index in [9.17, 15) is 17.6 Å². The zero-order valence-corrected chi connectivity index (χ0v) is 17.8. The summed E-state index contributed by atoms with van der Waals surface area (Å²) in [6.07, 6.45) is 1.19. The molecule has 2 heterocycles. The van der Waals surface area contributed by atoms with E-state index in [0.717, 1.165) is 0 Å². The molecule has 2 aromatic carbocycles. The molecule has 9 heteroatoms. The second kappa shape index (κ2) is 8.60.